The molecule has 8 heteroatoms. The minimum Gasteiger partial charge on any atom is -0.325 e. The summed E-state index contributed by atoms with van der Waals surface area (Å²) in [7, 11) is 0. The topological polar surface area (TPSA) is 38.9 Å². The molecule has 0 radical (unpaired) electrons. The van der Waals surface area contributed by atoms with Gasteiger partial charge in [0.2, 0.25) is 0 Å². The van der Waals surface area contributed by atoms with E-state index in [1.165, 1.54) is 0 Å². The summed E-state index contributed by atoms with van der Waals surface area (Å²) in [5.41, 5.74) is 4.57. The molecule has 0 fully saturated rings. The summed E-state index contributed by atoms with van der Waals surface area (Å²) in [4.78, 5) is 3.49. The normalized spacial score (nSPS) is 10.2. The van der Waals surface area contributed by atoms with Crippen LogP contribution in [0.3, 0.4) is 0 Å². The molecule has 88 valence electrons. The SMILES string of the molecule is Cl.Cl.NCc1ncc(C(F)(F)F)cc1Cl. The molecule has 2 nitrogen and oxygen atoms in total. The molecule has 0 unspecified atom stereocenters. The van der Waals surface area contributed by atoms with Crippen LogP contribution < -0.4 is 5.73 Å². The highest BCUT2D eigenvalue weighted by atomic mass is 35.5. The standard InChI is InChI=1S/C7H6ClF3N2.2ClH/c8-5-1-4(7(9,10)11)3-13-6(5)2-12;;/h1,3H,2,12H2;2*1H. The van der Waals surface area contributed by atoms with Crippen molar-refractivity contribution in [3.63, 3.8) is 0 Å². The Hall–Kier alpha value is -0.230. The van der Waals surface area contributed by atoms with Gasteiger partial charge in [-0.1, -0.05) is 11.6 Å². The third-order valence-corrected chi connectivity index (χ3v) is 1.77. The summed E-state index contributed by atoms with van der Waals surface area (Å²) in [6.45, 7) is 0.0248. The Labute approximate surface area is 102 Å². The van der Waals surface area contributed by atoms with Gasteiger partial charge >= 0.3 is 6.18 Å². The highest BCUT2D eigenvalue weighted by molar-refractivity contribution is 6.31. The highest BCUT2D eigenvalue weighted by Gasteiger charge is 2.31. The molecule has 1 rings (SSSR count). The Bertz CT molecular complexity index is 317. The maximum absolute atomic E-state index is 12.1. The van der Waals surface area contributed by atoms with E-state index < -0.39 is 11.7 Å². The maximum Gasteiger partial charge on any atom is 0.417 e. The molecular formula is C7H8Cl3F3N2. The lowest BCUT2D eigenvalue weighted by Crippen LogP contribution is -2.08. The van der Waals surface area contributed by atoms with Gasteiger partial charge < -0.3 is 5.73 Å². The summed E-state index contributed by atoms with van der Waals surface area (Å²) in [6, 6.07) is 0.816. The molecule has 15 heavy (non-hydrogen) atoms. The maximum atomic E-state index is 12.1. The summed E-state index contributed by atoms with van der Waals surface area (Å²) in [5, 5.41) is -0.0580. The molecule has 0 saturated heterocycles. The Kier molecular flexibility index (Phi) is 7.30. The van der Waals surface area contributed by atoms with Crippen molar-refractivity contribution < 1.29 is 13.2 Å². The van der Waals surface area contributed by atoms with Crippen LogP contribution in [-0.4, -0.2) is 4.98 Å². The number of alkyl halides is 3. The zero-order chi connectivity index (χ0) is 10.1. The second-order valence-electron chi connectivity index (χ2n) is 2.35. The van der Waals surface area contributed by atoms with Crippen molar-refractivity contribution >= 4 is 36.4 Å². The van der Waals surface area contributed by atoms with Gasteiger partial charge in [-0.2, -0.15) is 13.2 Å². The molecule has 2 N–H and O–H groups in total. The van der Waals surface area contributed by atoms with Gasteiger partial charge in [-0.3, -0.25) is 4.98 Å². The lowest BCUT2D eigenvalue weighted by molar-refractivity contribution is -0.137. The predicted molar refractivity (Wildman–Crippen MR) is 56.6 cm³/mol. The number of pyridine rings is 1. The lowest BCUT2D eigenvalue weighted by atomic mass is 10.2. The molecule has 0 spiro atoms. The zero-order valence-corrected chi connectivity index (χ0v) is 9.60. The van der Waals surface area contributed by atoms with Gasteiger partial charge in [0.15, 0.2) is 0 Å². The fraction of sp³-hybridized carbons (Fsp3) is 0.286. The lowest BCUT2D eigenvalue weighted by Gasteiger charge is -2.07. The molecule has 0 atom stereocenters. The van der Waals surface area contributed by atoms with Crippen LogP contribution in [0.4, 0.5) is 13.2 Å². The number of nitrogens with zero attached hydrogens (tertiary/aromatic N) is 1. The van der Waals surface area contributed by atoms with E-state index in [1.54, 1.807) is 0 Å². The van der Waals surface area contributed by atoms with Crippen LogP contribution >= 0.6 is 36.4 Å². The first kappa shape index (κ1) is 17.2. The molecule has 0 bridgehead atoms. The Morgan fingerprint density at radius 3 is 2.20 bits per heavy atom. The van der Waals surface area contributed by atoms with E-state index in [0.717, 1.165) is 6.07 Å². The molecule has 0 amide bonds. The van der Waals surface area contributed by atoms with Gasteiger partial charge in [0.1, 0.15) is 0 Å². The van der Waals surface area contributed by atoms with Crippen molar-refractivity contribution in [2.45, 2.75) is 12.7 Å². The van der Waals surface area contributed by atoms with Gasteiger partial charge in [0.25, 0.3) is 0 Å². The first-order valence-corrected chi connectivity index (χ1v) is 3.74. The molecule has 1 aromatic rings. The van der Waals surface area contributed by atoms with E-state index in [1.807, 2.05) is 0 Å². The molecule has 0 aliphatic heterocycles. The number of rotatable bonds is 1. The number of nitrogens with two attached hydrogens (primary N) is 1. The van der Waals surface area contributed by atoms with Crippen molar-refractivity contribution in [1.29, 1.82) is 0 Å². The van der Waals surface area contributed by atoms with E-state index in [4.69, 9.17) is 17.3 Å². The Morgan fingerprint density at radius 1 is 1.33 bits per heavy atom. The van der Waals surface area contributed by atoms with Gasteiger partial charge in [-0.15, -0.1) is 24.8 Å². The quantitative estimate of drug-likeness (QED) is 0.860. The predicted octanol–water partition coefficient (Wildman–Crippen LogP) is 3.06. The average Bonchev–Trinajstić information content (AvgIpc) is 2.02. The van der Waals surface area contributed by atoms with Gasteiger partial charge in [-0.25, -0.2) is 0 Å². The molecule has 0 aliphatic carbocycles. The van der Waals surface area contributed by atoms with Crippen molar-refractivity contribution in [3.8, 4) is 0 Å². The van der Waals surface area contributed by atoms with E-state index in [2.05, 4.69) is 4.98 Å². The van der Waals surface area contributed by atoms with Crippen LogP contribution in [0.15, 0.2) is 12.3 Å². The first-order valence-electron chi connectivity index (χ1n) is 3.37. The summed E-state index contributed by atoms with van der Waals surface area (Å²) in [5.74, 6) is 0. The number of hydrogen-bond donors (Lipinski definition) is 1. The smallest absolute Gasteiger partial charge is 0.325 e. The number of halogens is 6. The Balaban J connectivity index is 0. The van der Waals surface area contributed by atoms with Gasteiger partial charge in [0, 0.05) is 12.7 Å². The third kappa shape index (κ3) is 4.42. The number of aromatic nitrogens is 1. The first-order chi connectivity index (χ1) is 5.95. The summed E-state index contributed by atoms with van der Waals surface area (Å²) >= 11 is 5.49. The van der Waals surface area contributed by atoms with Crippen LogP contribution in [-0.2, 0) is 12.7 Å². The Morgan fingerprint density at radius 2 is 1.87 bits per heavy atom. The third-order valence-electron chi connectivity index (χ3n) is 1.44. The van der Waals surface area contributed by atoms with E-state index >= 15 is 0 Å². The molecule has 0 aromatic carbocycles. The second-order valence-corrected chi connectivity index (χ2v) is 2.76. The van der Waals surface area contributed by atoms with Crippen LogP contribution in [0.1, 0.15) is 11.3 Å². The van der Waals surface area contributed by atoms with Crippen LogP contribution in [0.25, 0.3) is 0 Å². The van der Waals surface area contributed by atoms with Crippen molar-refractivity contribution in [2.24, 2.45) is 5.73 Å². The minimum atomic E-state index is -4.41. The second kappa shape index (κ2) is 6.37. The molecule has 1 aromatic heterocycles. The highest BCUT2D eigenvalue weighted by Crippen LogP contribution is 2.30. The largest absolute Gasteiger partial charge is 0.417 e. The minimum absolute atomic E-state index is 0. The number of hydrogen-bond acceptors (Lipinski definition) is 2. The molecular weight excluding hydrogens is 275 g/mol. The summed E-state index contributed by atoms with van der Waals surface area (Å²) < 4.78 is 36.2. The fourth-order valence-electron chi connectivity index (χ4n) is 0.771. The van der Waals surface area contributed by atoms with Crippen molar-refractivity contribution in [1.82, 2.24) is 4.98 Å². The monoisotopic (exact) mass is 282 g/mol. The average molecular weight is 284 g/mol. The van der Waals surface area contributed by atoms with Crippen LogP contribution in [0, 0.1) is 0 Å². The fourth-order valence-corrected chi connectivity index (χ4v) is 1.01. The van der Waals surface area contributed by atoms with E-state index in [9.17, 15) is 13.2 Å². The van der Waals surface area contributed by atoms with Crippen molar-refractivity contribution in [2.75, 3.05) is 0 Å². The molecule has 0 saturated carbocycles. The molecule has 1 heterocycles. The van der Waals surface area contributed by atoms with E-state index in [-0.39, 0.29) is 42.1 Å². The van der Waals surface area contributed by atoms with Crippen LogP contribution in [0.2, 0.25) is 5.02 Å². The van der Waals surface area contributed by atoms with Gasteiger partial charge in [-0.05, 0) is 6.07 Å². The van der Waals surface area contributed by atoms with E-state index in [0.29, 0.717) is 6.20 Å². The van der Waals surface area contributed by atoms with Crippen LogP contribution in [0.5, 0.6) is 0 Å². The zero-order valence-electron chi connectivity index (χ0n) is 7.21. The van der Waals surface area contributed by atoms with Crippen molar-refractivity contribution in [3.05, 3.63) is 28.5 Å². The van der Waals surface area contributed by atoms with Gasteiger partial charge in [0.05, 0.1) is 16.3 Å². The summed E-state index contributed by atoms with van der Waals surface area (Å²) in [6.07, 6.45) is -3.70. The molecule has 0 aliphatic rings.